The Hall–Kier alpha value is -1.14. The van der Waals surface area contributed by atoms with Crippen LogP contribution in [0, 0.1) is 0 Å². The second-order valence-corrected chi connectivity index (χ2v) is 5.89. The van der Waals surface area contributed by atoms with E-state index in [9.17, 15) is 4.79 Å². The number of para-hydroxylation sites is 1. The third-order valence-corrected chi connectivity index (χ3v) is 4.50. The van der Waals surface area contributed by atoms with E-state index >= 15 is 0 Å². The van der Waals surface area contributed by atoms with Gasteiger partial charge in [0.15, 0.2) is 0 Å². The molecule has 1 saturated heterocycles. The van der Waals surface area contributed by atoms with Crippen LogP contribution >= 0.6 is 28.7 Å². The molecule has 1 aromatic rings. The number of anilines is 1. The van der Waals surface area contributed by atoms with Gasteiger partial charge in [0.2, 0.25) is 5.91 Å². The highest BCUT2D eigenvalue weighted by molar-refractivity contribution is 8.93. The molecule has 6 heteroatoms. The number of halogens is 1. The largest absolute Gasteiger partial charge is 0.368 e. The lowest BCUT2D eigenvalue weighted by molar-refractivity contribution is -0.131. The number of rotatable bonds is 3. The van der Waals surface area contributed by atoms with Crippen molar-refractivity contribution >= 4 is 40.3 Å². The molecular formula is C15H20BrN3OS. The normalized spacial score (nSPS) is 17.8. The summed E-state index contributed by atoms with van der Waals surface area (Å²) < 4.78 is 0. The molecule has 1 amide bonds. The van der Waals surface area contributed by atoms with Crippen molar-refractivity contribution in [2.75, 3.05) is 43.5 Å². The van der Waals surface area contributed by atoms with Crippen LogP contribution in [-0.4, -0.2) is 54.3 Å². The van der Waals surface area contributed by atoms with Gasteiger partial charge in [-0.25, -0.2) is 0 Å². The number of benzene rings is 1. The number of hydrogen-bond acceptors (Lipinski definition) is 4. The van der Waals surface area contributed by atoms with Crippen LogP contribution in [0.2, 0.25) is 0 Å². The van der Waals surface area contributed by atoms with Crippen molar-refractivity contribution in [3.8, 4) is 0 Å². The highest BCUT2D eigenvalue weighted by atomic mass is 79.9. The monoisotopic (exact) mass is 369 g/mol. The summed E-state index contributed by atoms with van der Waals surface area (Å²) in [7, 11) is 0. The zero-order chi connectivity index (χ0) is 13.8. The third-order valence-electron chi connectivity index (χ3n) is 3.70. The maximum atomic E-state index is 12.2. The highest BCUT2D eigenvalue weighted by Gasteiger charge is 2.22. The van der Waals surface area contributed by atoms with E-state index in [1.807, 2.05) is 22.6 Å². The molecule has 0 radical (unpaired) electrons. The van der Waals surface area contributed by atoms with Crippen molar-refractivity contribution in [3.05, 3.63) is 41.9 Å². The number of carbonyl (C=O) groups excluding carboxylic acids is 1. The molecule has 0 unspecified atom stereocenters. The van der Waals surface area contributed by atoms with Gasteiger partial charge in [0, 0.05) is 38.1 Å². The molecule has 21 heavy (non-hydrogen) atoms. The molecule has 114 valence electrons. The number of piperazine rings is 1. The molecule has 0 N–H and O–H groups in total. The van der Waals surface area contributed by atoms with Crippen LogP contribution < -0.4 is 4.90 Å². The lowest BCUT2D eigenvalue weighted by Gasteiger charge is -2.36. The molecule has 4 nitrogen and oxygen atoms in total. The number of thioether (sulfide) groups is 1. The van der Waals surface area contributed by atoms with E-state index in [0.29, 0.717) is 6.54 Å². The Morgan fingerprint density at radius 2 is 1.81 bits per heavy atom. The summed E-state index contributed by atoms with van der Waals surface area (Å²) in [5.41, 5.74) is 1.25. The van der Waals surface area contributed by atoms with Crippen molar-refractivity contribution < 1.29 is 4.79 Å². The number of hydrogen-bond donors (Lipinski definition) is 0. The standard InChI is InChI=1S/C15H19N3OS.BrH/c19-15(12-16-10-11-20-13-16)18-8-6-17(7-9-18)14-4-2-1-3-5-14;/h1-5,10-11H,6-9,12-13H2;1H. The fourth-order valence-corrected chi connectivity index (χ4v) is 3.25. The number of nitrogens with zero attached hydrogens (tertiary/aromatic N) is 3. The van der Waals surface area contributed by atoms with Gasteiger partial charge in [-0.1, -0.05) is 18.2 Å². The maximum absolute atomic E-state index is 12.2. The van der Waals surface area contributed by atoms with Crippen molar-refractivity contribution in [2.45, 2.75) is 0 Å². The minimum absolute atomic E-state index is 0. The van der Waals surface area contributed by atoms with E-state index < -0.39 is 0 Å². The van der Waals surface area contributed by atoms with Crippen molar-refractivity contribution in [1.29, 1.82) is 0 Å². The Morgan fingerprint density at radius 1 is 1.10 bits per heavy atom. The first kappa shape index (κ1) is 16.2. The molecule has 2 aliphatic heterocycles. The van der Waals surface area contributed by atoms with Crippen LogP contribution in [0.4, 0.5) is 5.69 Å². The first-order valence-electron chi connectivity index (χ1n) is 6.93. The van der Waals surface area contributed by atoms with Gasteiger partial charge >= 0.3 is 0 Å². The van der Waals surface area contributed by atoms with Crippen LogP contribution in [0.3, 0.4) is 0 Å². The van der Waals surface area contributed by atoms with Gasteiger partial charge in [-0.3, -0.25) is 4.79 Å². The summed E-state index contributed by atoms with van der Waals surface area (Å²) in [5, 5.41) is 2.04. The fourth-order valence-electron chi connectivity index (χ4n) is 2.54. The van der Waals surface area contributed by atoms with E-state index in [-0.39, 0.29) is 22.9 Å². The van der Waals surface area contributed by atoms with Gasteiger partial charge in [-0.05, 0) is 17.5 Å². The highest BCUT2D eigenvalue weighted by Crippen LogP contribution is 2.17. The quantitative estimate of drug-likeness (QED) is 0.817. The van der Waals surface area contributed by atoms with Gasteiger partial charge in [0.1, 0.15) is 0 Å². The molecule has 3 rings (SSSR count). The summed E-state index contributed by atoms with van der Waals surface area (Å²) >= 11 is 1.73. The van der Waals surface area contributed by atoms with Gasteiger partial charge in [-0.2, -0.15) is 0 Å². The third kappa shape index (κ3) is 4.17. The zero-order valence-electron chi connectivity index (χ0n) is 11.9. The molecular weight excluding hydrogens is 350 g/mol. The molecule has 0 aliphatic carbocycles. The molecule has 1 aromatic carbocycles. The summed E-state index contributed by atoms with van der Waals surface area (Å²) in [4.78, 5) is 18.6. The number of carbonyl (C=O) groups is 1. The Morgan fingerprint density at radius 3 is 2.43 bits per heavy atom. The Balaban J connectivity index is 0.00000161. The van der Waals surface area contributed by atoms with Gasteiger partial charge < -0.3 is 14.7 Å². The molecule has 0 saturated carbocycles. The van der Waals surface area contributed by atoms with E-state index in [1.54, 1.807) is 11.8 Å². The van der Waals surface area contributed by atoms with Gasteiger partial charge in [-0.15, -0.1) is 28.7 Å². The lowest BCUT2D eigenvalue weighted by Crippen LogP contribution is -2.50. The molecule has 1 fully saturated rings. The summed E-state index contributed by atoms with van der Waals surface area (Å²) in [5.74, 6) is 1.14. The first-order valence-corrected chi connectivity index (χ1v) is 7.98. The molecule has 0 atom stereocenters. The van der Waals surface area contributed by atoms with Crippen LogP contribution in [0.5, 0.6) is 0 Å². The number of amides is 1. The average molecular weight is 370 g/mol. The van der Waals surface area contributed by atoms with Crippen LogP contribution in [-0.2, 0) is 4.79 Å². The van der Waals surface area contributed by atoms with Gasteiger partial charge in [0.05, 0.1) is 12.4 Å². The minimum atomic E-state index is 0. The SMILES string of the molecule is Br.O=C(CN1C=CSC1)N1CCN(c2ccccc2)CC1. The van der Waals surface area contributed by atoms with Crippen LogP contribution in [0.25, 0.3) is 0 Å². The first-order chi connectivity index (χ1) is 9.83. The van der Waals surface area contributed by atoms with Crippen molar-refractivity contribution in [3.63, 3.8) is 0 Å². The Bertz CT molecular complexity index is 489. The summed E-state index contributed by atoms with van der Waals surface area (Å²) in [6, 6.07) is 10.4. The van der Waals surface area contributed by atoms with E-state index in [4.69, 9.17) is 0 Å². The molecule has 2 aliphatic rings. The molecule has 2 heterocycles. The lowest BCUT2D eigenvalue weighted by atomic mass is 10.2. The van der Waals surface area contributed by atoms with E-state index in [2.05, 4.69) is 34.1 Å². The summed E-state index contributed by atoms with van der Waals surface area (Å²) in [6.45, 7) is 3.98. The Kier molecular flexibility index (Phi) is 5.99. The predicted molar refractivity (Wildman–Crippen MR) is 93.9 cm³/mol. The van der Waals surface area contributed by atoms with Gasteiger partial charge in [0.25, 0.3) is 0 Å². The Labute approximate surface area is 140 Å². The molecule has 0 bridgehead atoms. The molecule has 0 aromatic heterocycles. The second-order valence-electron chi connectivity index (χ2n) is 5.03. The minimum Gasteiger partial charge on any atom is -0.368 e. The average Bonchev–Trinajstić information content (AvgIpc) is 3.01. The summed E-state index contributed by atoms with van der Waals surface area (Å²) in [6.07, 6.45) is 2.00. The maximum Gasteiger partial charge on any atom is 0.242 e. The second kappa shape index (κ2) is 7.75. The molecule has 0 spiro atoms. The van der Waals surface area contributed by atoms with Crippen LogP contribution in [0.15, 0.2) is 41.9 Å². The topological polar surface area (TPSA) is 26.8 Å². The smallest absolute Gasteiger partial charge is 0.242 e. The van der Waals surface area contributed by atoms with Crippen LogP contribution in [0.1, 0.15) is 0 Å². The van der Waals surface area contributed by atoms with E-state index in [1.165, 1.54) is 5.69 Å². The van der Waals surface area contributed by atoms with Crippen molar-refractivity contribution in [2.24, 2.45) is 0 Å². The zero-order valence-corrected chi connectivity index (χ0v) is 14.4. The fraction of sp³-hybridized carbons (Fsp3) is 0.400. The predicted octanol–water partition coefficient (Wildman–Crippen LogP) is 2.39. The van der Waals surface area contributed by atoms with Crippen molar-refractivity contribution in [1.82, 2.24) is 9.80 Å². The van der Waals surface area contributed by atoms with E-state index in [0.717, 1.165) is 32.1 Å².